The van der Waals surface area contributed by atoms with Crippen LogP contribution in [0.4, 0.5) is 0 Å². The third-order valence-corrected chi connectivity index (χ3v) is 5.70. The van der Waals surface area contributed by atoms with Crippen molar-refractivity contribution in [2.45, 2.75) is 45.2 Å². The van der Waals surface area contributed by atoms with Crippen LogP contribution in [0, 0.1) is 0 Å². The molecule has 136 valence electrons. The summed E-state index contributed by atoms with van der Waals surface area (Å²) in [7, 11) is 0. The summed E-state index contributed by atoms with van der Waals surface area (Å²) in [6, 6.07) is 9.34. The lowest BCUT2D eigenvalue weighted by Crippen LogP contribution is -2.48. The average Bonchev–Trinajstić information content (AvgIpc) is 2.73. The van der Waals surface area contributed by atoms with E-state index in [0.29, 0.717) is 11.6 Å². The maximum Gasteiger partial charge on any atom is 0.256 e. The number of rotatable bonds is 3. The van der Waals surface area contributed by atoms with Crippen molar-refractivity contribution in [1.29, 1.82) is 0 Å². The molecule has 1 saturated heterocycles. The second kappa shape index (κ2) is 7.54. The van der Waals surface area contributed by atoms with Crippen LogP contribution in [0.2, 0.25) is 0 Å². The van der Waals surface area contributed by atoms with Crippen molar-refractivity contribution in [1.82, 2.24) is 19.8 Å². The van der Waals surface area contributed by atoms with Gasteiger partial charge in [-0.3, -0.25) is 9.69 Å². The molecule has 3 heterocycles. The van der Waals surface area contributed by atoms with Gasteiger partial charge in [0.05, 0.1) is 5.56 Å². The monoisotopic (exact) mass is 350 g/mol. The van der Waals surface area contributed by atoms with E-state index in [0.717, 1.165) is 57.7 Å². The zero-order chi connectivity index (χ0) is 17.9. The van der Waals surface area contributed by atoms with Gasteiger partial charge >= 0.3 is 0 Å². The number of amides is 1. The van der Waals surface area contributed by atoms with E-state index in [9.17, 15) is 4.79 Å². The molecule has 0 saturated carbocycles. The third kappa shape index (κ3) is 3.49. The number of aryl methyl sites for hydroxylation is 1. The molecule has 0 bridgehead atoms. The number of fused-ring (bicyclic) bond motifs is 1. The Bertz CT molecular complexity index is 766. The minimum atomic E-state index is 0.0649. The zero-order valence-corrected chi connectivity index (χ0v) is 15.4. The Kier molecular flexibility index (Phi) is 4.98. The summed E-state index contributed by atoms with van der Waals surface area (Å²) in [6.07, 6.45) is 7.35. The Labute approximate surface area is 155 Å². The van der Waals surface area contributed by atoms with Gasteiger partial charge in [-0.05, 0) is 30.4 Å². The lowest BCUT2D eigenvalue weighted by atomic mass is 9.95. The molecule has 1 aromatic carbocycles. The van der Waals surface area contributed by atoms with Crippen molar-refractivity contribution in [3.63, 3.8) is 0 Å². The van der Waals surface area contributed by atoms with E-state index >= 15 is 0 Å². The van der Waals surface area contributed by atoms with Crippen molar-refractivity contribution in [3.05, 3.63) is 59.2 Å². The van der Waals surface area contributed by atoms with E-state index in [4.69, 9.17) is 0 Å². The zero-order valence-electron chi connectivity index (χ0n) is 15.4. The molecule has 4 rings (SSSR count). The molecule has 0 spiro atoms. The smallest absolute Gasteiger partial charge is 0.256 e. The first-order valence-corrected chi connectivity index (χ1v) is 9.65. The third-order valence-electron chi connectivity index (χ3n) is 5.70. The van der Waals surface area contributed by atoms with Crippen molar-refractivity contribution >= 4 is 5.91 Å². The minimum absolute atomic E-state index is 0.0649. The van der Waals surface area contributed by atoms with E-state index in [2.05, 4.69) is 39.1 Å². The molecule has 5 heteroatoms. The summed E-state index contributed by atoms with van der Waals surface area (Å²) < 4.78 is 0. The van der Waals surface area contributed by atoms with Crippen molar-refractivity contribution in [3.8, 4) is 0 Å². The van der Waals surface area contributed by atoms with Gasteiger partial charge in [0.1, 0.15) is 5.82 Å². The second-order valence-corrected chi connectivity index (χ2v) is 7.25. The Morgan fingerprint density at radius 3 is 2.46 bits per heavy atom. The highest BCUT2D eigenvalue weighted by molar-refractivity contribution is 5.93. The molecular weight excluding hydrogens is 324 g/mol. The fourth-order valence-electron chi connectivity index (χ4n) is 4.09. The summed E-state index contributed by atoms with van der Waals surface area (Å²) >= 11 is 0. The molecule has 5 nitrogen and oxygen atoms in total. The molecule has 0 aliphatic carbocycles. The molecule has 0 radical (unpaired) electrons. The Morgan fingerprint density at radius 1 is 1.08 bits per heavy atom. The van der Waals surface area contributed by atoms with Crippen LogP contribution in [0.5, 0.6) is 0 Å². The summed E-state index contributed by atoms with van der Waals surface area (Å²) in [5.41, 5.74) is 3.56. The predicted octanol–water partition coefficient (Wildman–Crippen LogP) is 2.70. The Balaban J connectivity index is 1.34. The van der Waals surface area contributed by atoms with Crippen LogP contribution >= 0.6 is 0 Å². The van der Waals surface area contributed by atoms with Crippen LogP contribution in [-0.4, -0.2) is 51.4 Å². The summed E-state index contributed by atoms with van der Waals surface area (Å²) in [5, 5.41) is 0. The number of aromatic nitrogens is 2. The Hall–Kier alpha value is -2.27. The first-order valence-electron chi connectivity index (χ1n) is 9.65. The van der Waals surface area contributed by atoms with Crippen molar-refractivity contribution in [2.75, 3.05) is 19.6 Å². The second-order valence-electron chi connectivity index (χ2n) is 7.25. The topological polar surface area (TPSA) is 49.3 Å². The number of piperidine rings is 1. The molecule has 0 atom stereocenters. The van der Waals surface area contributed by atoms with Crippen LogP contribution in [-0.2, 0) is 19.4 Å². The van der Waals surface area contributed by atoms with Crippen molar-refractivity contribution < 1.29 is 4.79 Å². The predicted molar refractivity (Wildman–Crippen MR) is 101 cm³/mol. The number of carbonyl (C=O) groups excluding carboxylic acids is 1. The molecule has 1 fully saturated rings. The van der Waals surface area contributed by atoms with Crippen LogP contribution in [0.25, 0.3) is 0 Å². The quantitative estimate of drug-likeness (QED) is 0.854. The highest BCUT2D eigenvalue weighted by Crippen LogP contribution is 2.25. The molecule has 2 aliphatic rings. The van der Waals surface area contributed by atoms with Gasteiger partial charge < -0.3 is 4.90 Å². The number of benzene rings is 1. The van der Waals surface area contributed by atoms with E-state index in [-0.39, 0.29) is 5.91 Å². The number of hydrogen-bond donors (Lipinski definition) is 0. The van der Waals surface area contributed by atoms with Gasteiger partial charge in [0, 0.05) is 51.0 Å². The number of likely N-dealkylation sites (tertiary alicyclic amines) is 1. The minimum Gasteiger partial charge on any atom is -0.338 e. The fraction of sp³-hybridized carbons (Fsp3) is 0.476. The SMILES string of the molecule is CCc1ncc(C(=O)N2CCC(N3CCc4ccccc4C3)CC2)cn1. The highest BCUT2D eigenvalue weighted by Gasteiger charge is 2.29. The number of hydrogen-bond acceptors (Lipinski definition) is 4. The van der Waals surface area contributed by atoms with Crippen LogP contribution in [0.3, 0.4) is 0 Å². The summed E-state index contributed by atoms with van der Waals surface area (Å²) in [6.45, 7) is 5.82. The first-order chi connectivity index (χ1) is 12.7. The average molecular weight is 350 g/mol. The van der Waals surface area contributed by atoms with E-state index in [1.54, 1.807) is 12.4 Å². The molecule has 26 heavy (non-hydrogen) atoms. The van der Waals surface area contributed by atoms with Gasteiger partial charge in [-0.2, -0.15) is 0 Å². The normalized spacial score (nSPS) is 18.6. The standard InChI is InChI=1S/C21H26N4O/c1-2-20-22-13-18(14-23-20)21(26)24-11-8-19(9-12-24)25-10-7-16-5-3-4-6-17(16)15-25/h3-6,13-14,19H,2,7-12,15H2,1H3. The van der Waals surface area contributed by atoms with Crippen LogP contribution < -0.4 is 0 Å². The van der Waals surface area contributed by atoms with Gasteiger partial charge in [0.25, 0.3) is 5.91 Å². The molecule has 2 aliphatic heterocycles. The fourth-order valence-corrected chi connectivity index (χ4v) is 4.09. The number of carbonyl (C=O) groups is 1. The summed E-state index contributed by atoms with van der Waals surface area (Å²) in [4.78, 5) is 25.7. The van der Waals surface area contributed by atoms with Gasteiger partial charge in [-0.1, -0.05) is 31.2 Å². The molecule has 2 aromatic rings. The van der Waals surface area contributed by atoms with E-state index in [1.165, 1.54) is 11.1 Å². The summed E-state index contributed by atoms with van der Waals surface area (Å²) in [5.74, 6) is 0.848. The highest BCUT2D eigenvalue weighted by atomic mass is 16.2. The van der Waals surface area contributed by atoms with E-state index < -0.39 is 0 Å². The van der Waals surface area contributed by atoms with Crippen LogP contribution in [0.1, 0.15) is 47.1 Å². The van der Waals surface area contributed by atoms with Gasteiger partial charge in [-0.25, -0.2) is 9.97 Å². The molecule has 1 aromatic heterocycles. The maximum absolute atomic E-state index is 12.7. The first kappa shape index (κ1) is 17.2. The van der Waals surface area contributed by atoms with Gasteiger partial charge in [0.15, 0.2) is 0 Å². The lowest BCUT2D eigenvalue weighted by Gasteiger charge is -2.40. The maximum atomic E-state index is 12.7. The van der Waals surface area contributed by atoms with Crippen LogP contribution in [0.15, 0.2) is 36.7 Å². The molecule has 0 unspecified atom stereocenters. The lowest BCUT2D eigenvalue weighted by molar-refractivity contribution is 0.0598. The number of nitrogens with zero attached hydrogens (tertiary/aromatic N) is 4. The Morgan fingerprint density at radius 2 is 1.77 bits per heavy atom. The molecular formula is C21H26N4O. The largest absolute Gasteiger partial charge is 0.338 e. The molecule has 0 N–H and O–H groups in total. The van der Waals surface area contributed by atoms with Gasteiger partial charge in [0.2, 0.25) is 0 Å². The van der Waals surface area contributed by atoms with Gasteiger partial charge in [-0.15, -0.1) is 0 Å². The molecule has 1 amide bonds. The van der Waals surface area contributed by atoms with Crippen molar-refractivity contribution in [2.24, 2.45) is 0 Å². The van der Waals surface area contributed by atoms with E-state index in [1.807, 2.05) is 11.8 Å².